The van der Waals surface area contributed by atoms with Gasteiger partial charge in [-0.15, -0.1) is 11.3 Å². The minimum absolute atomic E-state index is 0.0452. The molecule has 6 nitrogen and oxygen atoms in total. The van der Waals surface area contributed by atoms with Crippen molar-refractivity contribution in [3.05, 3.63) is 47.2 Å². The zero-order valence-corrected chi connectivity index (χ0v) is 12.5. The van der Waals surface area contributed by atoms with Crippen molar-refractivity contribution in [2.75, 3.05) is 5.32 Å². The van der Waals surface area contributed by atoms with Crippen LogP contribution < -0.4 is 5.32 Å². The van der Waals surface area contributed by atoms with E-state index in [1.54, 1.807) is 11.4 Å². The summed E-state index contributed by atoms with van der Waals surface area (Å²) in [6.45, 7) is 0. The number of aromatic amines is 1. The van der Waals surface area contributed by atoms with Gasteiger partial charge in [0.2, 0.25) is 5.91 Å². The molecule has 0 spiro atoms. The average Bonchev–Trinajstić information content (AvgIpc) is 3.18. The summed E-state index contributed by atoms with van der Waals surface area (Å²) in [5, 5.41) is 11.4. The number of carbonyl (C=O) groups excluding carboxylic acids is 1. The Balaban J connectivity index is 1.64. The fourth-order valence-electron chi connectivity index (χ4n) is 1.93. The van der Waals surface area contributed by atoms with Crippen LogP contribution in [0.3, 0.4) is 0 Å². The molecule has 2 N–H and O–H groups in total. The third-order valence-corrected chi connectivity index (χ3v) is 3.83. The van der Waals surface area contributed by atoms with E-state index in [1.807, 2.05) is 0 Å². The van der Waals surface area contributed by atoms with E-state index in [4.69, 9.17) is 0 Å². The number of nitrogens with one attached hydrogen (secondary N) is 2. The smallest absolute Gasteiger partial charge is 0.263 e. The van der Waals surface area contributed by atoms with Crippen molar-refractivity contribution in [2.24, 2.45) is 0 Å². The molecule has 0 radical (unpaired) electrons. The van der Waals surface area contributed by atoms with Gasteiger partial charge in [-0.2, -0.15) is 5.10 Å². The lowest BCUT2D eigenvalue weighted by atomic mass is 10.2. The normalized spacial score (nSPS) is 10.9. The van der Waals surface area contributed by atoms with E-state index >= 15 is 0 Å². The fourth-order valence-corrected chi connectivity index (χ4v) is 2.69. The molecule has 0 saturated carbocycles. The van der Waals surface area contributed by atoms with Crippen molar-refractivity contribution in [3.63, 3.8) is 0 Å². The predicted octanol–water partition coefficient (Wildman–Crippen LogP) is 3.05. The molecule has 118 valence electrons. The number of carbonyl (C=O) groups is 1. The molecule has 0 atom stereocenters. The lowest BCUT2D eigenvalue weighted by Gasteiger charge is -2.06. The van der Waals surface area contributed by atoms with Crippen molar-refractivity contribution in [3.8, 4) is 10.8 Å². The zero-order valence-electron chi connectivity index (χ0n) is 11.7. The van der Waals surface area contributed by atoms with Crippen molar-refractivity contribution < 1.29 is 13.6 Å². The second-order valence-electron chi connectivity index (χ2n) is 4.63. The van der Waals surface area contributed by atoms with E-state index in [1.165, 1.54) is 35.9 Å². The minimum Gasteiger partial charge on any atom is -0.326 e. The molecule has 0 saturated heterocycles. The topological polar surface area (TPSA) is 83.6 Å². The molecule has 0 unspecified atom stereocenters. The number of thiazole rings is 1. The maximum absolute atomic E-state index is 12.6. The average molecular weight is 335 g/mol. The molecule has 3 rings (SSSR count). The number of anilines is 1. The SMILES string of the molecule is O=C(Cc1csc(-c2ncn[nH]2)n1)Nc1cccc(C(F)F)c1. The van der Waals surface area contributed by atoms with Crippen molar-refractivity contribution in [2.45, 2.75) is 12.8 Å². The number of alkyl halides is 2. The number of halogens is 2. The summed E-state index contributed by atoms with van der Waals surface area (Å²) in [5.74, 6) is 0.206. The molecule has 3 aromatic rings. The second kappa shape index (κ2) is 6.61. The van der Waals surface area contributed by atoms with Crippen molar-refractivity contribution in [1.29, 1.82) is 0 Å². The largest absolute Gasteiger partial charge is 0.326 e. The molecule has 0 aliphatic carbocycles. The van der Waals surface area contributed by atoms with Crippen LogP contribution >= 0.6 is 11.3 Å². The van der Waals surface area contributed by atoms with Gasteiger partial charge in [0.15, 0.2) is 10.8 Å². The summed E-state index contributed by atoms with van der Waals surface area (Å²) in [5.41, 5.74) is 0.770. The van der Waals surface area contributed by atoms with Gasteiger partial charge in [0, 0.05) is 16.6 Å². The summed E-state index contributed by atoms with van der Waals surface area (Å²) >= 11 is 1.34. The maximum atomic E-state index is 12.6. The highest BCUT2D eigenvalue weighted by Gasteiger charge is 2.12. The number of rotatable bonds is 5. The molecular weight excluding hydrogens is 324 g/mol. The van der Waals surface area contributed by atoms with Gasteiger partial charge in [-0.1, -0.05) is 12.1 Å². The molecular formula is C14H11F2N5OS. The number of amides is 1. The number of nitrogens with zero attached hydrogens (tertiary/aromatic N) is 3. The second-order valence-corrected chi connectivity index (χ2v) is 5.49. The summed E-state index contributed by atoms with van der Waals surface area (Å²) in [6.07, 6.45) is -1.15. The van der Waals surface area contributed by atoms with Gasteiger partial charge >= 0.3 is 0 Å². The van der Waals surface area contributed by atoms with Gasteiger partial charge in [-0.3, -0.25) is 9.89 Å². The van der Waals surface area contributed by atoms with Gasteiger partial charge in [0.1, 0.15) is 6.33 Å². The minimum atomic E-state index is -2.57. The number of aromatic nitrogens is 4. The number of hydrogen-bond acceptors (Lipinski definition) is 5. The summed E-state index contributed by atoms with van der Waals surface area (Å²) < 4.78 is 25.3. The van der Waals surface area contributed by atoms with Gasteiger partial charge in [-0.05, 0) is 12.1 Å². The molecule has 9 heteroatoms. The highest BCUT2D eigenvalue weighted by Crippen LogP contribution is 2.22. The Labute approximate surface area is 133 Å². The van der Waals surface area contributed by atoms with Gasteiger partial charge < -0.3 is 5.32 Å². The first-order chi connectivity index (χ1) is 11.1. The van der Waals surface area contributed by atoms with E-state index < -0.39 is 6.43 Å². The van der Waals surface area contributed by atoms with Crippen LogP contribution in [-0.2, 0) is 11.2 Å². The zero-order chi connectivity index (χ0) is 16.2. The standard InChI is InChI=1S/C14H11F2N5OS/c15-12(16)8-2-1-3-9(4-8)19-11(22)5-10-6-23-14(20-10)13-17-7-18-21-13/h1-4,6-7,12H,5H2,(H,19,22)(H,17,18,21). The predicted molar refractivity (Wildman–Crippen MR) is 81.2 cm³/mol. The first-order valence-corrected chi connectivity index (χ1v) is 7.48. The lowest BCUT2D eigenvalue weighted by molar-refractivity contribution is -0.115. The van der Waals surface area contributed by atoms with Crippen LogP contribution in [0, 0.1) is 0 Å². The molecule has 2 heterocycles. The maximum Gasteiger partial charge on any atom is 0.263 e. The molecule has 0 bridgehead atoms. The van der Waals surface area contributed by atoms with Gasteiger partial charge in [-0.25, -0.2) is 18.7 Å². The molecule has 0 aliphatic heterocycles. The van der Waals surface area contributed by atoms with Crippen LogP contribution in [0.25, 0.3) is 10.8 Å². The molecule has 1 aromatic carbocycles. The molecule has 2 aromatic heterocycles. The lowest BCUT2D eigenvalue weighted by Crippen LogP contribution is -2.14. The highest BCUT2D eigenvalue weighted by atomic mass is 32.1. The van der Waals surface area contributed by atoms with E-state index in [-0.39, 0.29) is 17.9 Å². The number of H-pyrrole nitrogens is 1. The van der Waals surface area contributed by atoms with E-state index in [9.17, 15) is 13.6 Å². The summed E-state index contributed by atoms with van der Waals surface area (Å²) in [7, 11) is 0. The first kappa shape index (κ1) is 15.2. The Bertz CT molecular complexity index is 803. The van der Waals surface area contributed by atoms with Crippen LogP contribution in [0.5, 0.6) is 0 Å². The molecule has 23 heavy (non-hydrogen) atoms. The Morgan fingerprint density at radius 1 is 1.39 bits per heavy atom. The highest BCUT2D eigenvalue weighted by molar-refractivity contribution is 7.13. The summed E-state index contributed by atoms with van der Waals surface area (Å²) in [6, 6.07) is 5.60. The Morgan fingerprint density at radius 3 is 3.00 bits per heavy atom. The van der Waals surface area contributed by atoms with Crippen LogP contribution in [0.4, 0.5) is 14.5 Å². The Kier molecular flexibility index (Phi) is 4.38. The van der Waals surface area contributed by atoms with Crippen molar-refractivity contribution >= 4 is 22.9 Å². The van der Waals surface area contributed by atoms with Crippen molar-refractivity contribution in [1.82, 2.24) is 20.2 Å². The molecule has 0 aliphatic rings. The molecule has 0 fully saturated rings. The van der Waals surface area contributed by atoms with Crippen LogP contribution in [0.2, 0.25) is 0 Å². The number of benzene rings is 1. The van der Waals surface area contributed by atoms with Crippen LogP contribution in [-0.4, -0.2) is 26.1 Å². The first-order valence-electron chi connectivity index (χ1n) is 6.60. The summed E-state index contributed by atoms with van der Waals surface area (Å²) in [4.78, 5) is 20.3. The van der Waals surface area contributed by atoms with Crippen LogP contribution in [0.1, 0.15) is 17.7 Å². The third-order valence-electron chi connectivity index (χ3n) is 2.93. The van der Waals surface area contributed by atoms with E-state index in [0.717, 1.165) is 0 Å². The number of hydrogen-bond donors (Lipinski definition) is 2. The van der Waals surface area contributed by atoms with E-state index in [0.29, 0.717) is 22.2 Å². The molecule has 1 amide bonds. The Hall–Kier alpha value is -2.68. The Morgan fingerprint density at radius 2 is 2.26 bits per heavy atom. The third kappa shape index (κ3) is 3.75. The van der Waals surface area contributed by atoms with Gasteiger partial charge in [0.25, 0.3) is 6.43 Å². The fraction of sp³-hybridized carbons (Fsp3) is 0.143. The van der Waals surface area contributed by atoms with E-state index in [2.05, 4.69) is 25.5 Å². The van der Waals surface area contributed by atoms with Gasteiger partial charge in [0.05, 0.1) is 12.1 Å². The van der Waals surface area contributed by atoms with Crippen LogP contribution in [0.15, 0.2) is 36.0 Å². The monoisotopic (exact) mass is 335 g/mol. The quantitative estimate of drug-likeness (QED) is 0.751.